The molecular formula is C39H37ClFN3O7S. The summed E-state index contributed by atoms with van der Waals surface area (Å²) in [6, 6.07) is 30.9. The smallest absolute Gasteiger partial charge is 0.261 e. The molecule has 5 aromatic rings. The van der Waals surface area contributed by atoms with Crippen LogP contribution in [0.25, 0.3) is 0 Å². The highest BCUT2D eigenvalue weighted by Crippen LogP contribution is 2.28. The number of halogens is 2. The number of anilines is 1. The lowest BCUT2D eigenvalue weighted by molar-refractivity contribution is -0.143. The summed E-state index contributed by atoms with van der Waals surface area (Å²) in [7, 11) is -0.865. The monoisotopic (exact) mass is 745 g/mol. The zero-order valence-electron chi connectivity index (χ0n) is 28.4. The molecule has 0 aliphatic carbocycles. The van der Waals surface area contributed by atoms with Gasteiger partial charge in [-0.15, -0.1) is 0 Å². The number of nitrogens with one attached hydrogen (secondary N) is 2. The number of carbonyl (C=O) groups is 2. The number of methoxy groups -OCH3 is 2. The lowest BCUT2D eigenvalue weighted by Gasteiger charge is -2.31. The van der Waals surface area contributed by atoms with Crippen molar-refractivity contribution in [2.75, 3.05) is 32.1 Å². The molecular weight excluding hydrogens is 709 g/mol. The van der Waals surface area contributed by atoms with Crippen molar-refractivity contribution in [3.8, 4) is 17.2 Å². The van der Waals surface area contributed by atoms with Gasteiger partial charge >= 0.3 is 0 Å². The zero-order valence-corrected chi connectivity index (χ0v) is 30.0. The van der Waals surface area contributed by atoms with Crippen LogP contribution in [0.5, 0.6) is 17.2 Å². The van der Waals surface area contributed by atoms with Gasteiger partial charge in [0, 0.05) is 23.8 Å². The molecule has 1 atom stereocenters. The third-order valence-electron chi connectivity index (χ3n) is 8.02. The van der Waals surface area contributed by atoms with Gasteiger partial charge < -0.3 is 24.4 Å². The summed E-state index contributed by atoms with van der Waals surface area (Å²) in [5, 5.41) is 3.52. The number of hydrogen-bond acceptors (Lipinski definition) is 7. The fourth-order valence-corrected chi connectivity index (χ4v) is 6.54. The first-order valence-corrected chi connectivity index (χ1v) is 18.0. The Hall–Kier alpha value is -5.59. The highest BCUT2D eigenvalue weighted by atomic mass is 35.5. The van der Waals surface area contributed by atoms with E-state index in [0.29, 0.717) is 28.5 Å². The molecule has 5 rings (SSSR count). The number of rotatable bonds is 16. The number of carbonyl (C=O) groups excluding carboxylic acids is 2. The molecule has 270 valence electrons. The van der Waals surface area contributed by atoms with Gasteiger partial charge in [-0.05, 0) is 95.9 Å². The van der Waals surface area contributed by atoms with E-state index in [1.54, 1.807) is 68.8 Å². The van der Waals surface area contributed by atoms with Gasteiger partial charge in [0.05, 0.1) is 19.1 Å². The molecule has 2 N–H and O–H groups in total. The second kappa shape index (κ2) is 17.6. The summed E-state index contributed by atoms with van der Waals surface area (Å²) in [4.78, 5) is 29.4. The molecule has 0 saturated carbocycles. The van der Waals surface area contributed by atoms with Gasteiger partial charge in [-0.2, -0.15) is 0 Å². The molecule has 0 spiro atoms. The summed E-state index contributed by atoms with van der Waals surface area (Å²) in [6.45, 7) is -0.105. The van der Waals surface area contributed by atoms with E-state index in [1.807, 2.05) is 18.2 Å². The van der Waals surface area contributed by atoms with Crippen LogP contribution in [-0.4, -0.2) is 52.5 Å². The average Bonchev–Trinajstić information content (AvgIpc) is 3.15. The van der Waals surface area contributed by atoms with Crippen LogP contribution < -0.4 is 24.2 Å². The largest absolute Gasteiger partial charge is 0.493 e. The molecule has 2 amide bonds. The van der Waals surface area contributed by atoms with Gasteiger partial charge in [0.25, 0.3) is 15.9 Å². The lowest BCUT2D eigenvalue weighted by atomic mass is 10.0. The van der Waals surface area contributed by atoms with Gasteiger partial charge in [0.2, 0.25) is 5.91 Å². The van der Waals surface area contributed by atoms with Gasteiger partial charge in [0.15, 0.2) is 18.1 Å². The maximum absolute atomic E-state index is 14.0. The summed E-state index contributed by atoms with van der Waals surface area (Å²) in [6.07, 6.45) is 0.493. The highest BCUT2D eigenvalue weighted by Gasteiger charge is 2.32. The average molecular weight is 746 g/mol. The van der Waals surface area contributed by atoms with E-state index < -0.39 is 40.3 Å². The summed E-state index contributed by atoms with van der Waals surface area (Å²) in [5.74, 6) is 0.0263. The molecule has 0 bridgehead atoms. The molecule has 52 heavy (non-hydrogen) atoms. The first-order valence-electron chi connectivity index (χ1n) is 16.1. The van der Waals surface area contributed by atoms with E-state index in [2.05, 4.69) is 10.0 Å². The second-order valence-electron chi connectivity index (χ2n) is 11.6. The fourth-order valence-electron chi connectivity index (χ4n) is 5.36. The number of hydrogen-bond donors (Lipinski definition) is 2. The van der Waals surface area contributed by atoms with Gasteiger partial charge in [-0.3, -0.25) is 14.3 Å². The Balaban J connectivity index is 1.33. The van der Waals surface area contributed by atoms with Crippen LogP contribution in [0.1, 0.15) is 22.7 Å². The molecule has 0 heterocycles. The Morgan fingerprint density at radius 2 is 1.46 bits per heavy atom. The maximum Gasteiger partial charge on any atom is 0.261 e. The molecule has 0 saturated heterocycles. The normalized spacial score (nSPS) is 11.6. The van der Waals surface area contributed by atoms with E-state index in [1.165, 1.54) is 41.3 Å². The Bertz CT molecular complexity index is 2070. The van der Waals surface area contributed by atoms with Crippen LogP contribution in [0.2, 0.25) is 5.02 Å². The standard InChI is InChI=1S/C39H37ClFN3O7S/c1-49-35-21-10-27(24-36(35)50-2)22-23-42-39(46)38(29-6-4-3-5-7-29)44(25-28-8-11-30(40)12-9-28)37(45)26-51-33-17-19-34(20-18-33)52(47,48)43-32-15-13-31(41)14-16-32/h3-21,24,38,43H,22-23,25-26H2,1-2H3,(H,42,46). The minimum absolute atomic E-state index is 0.0613. The fraction of sp³-hybridized carbons (Fsp3) is 0.179. The first kappa shape index (κ1) is 37.7. The second-order valence-corrected chi connectivity index (χ2v) is 13.7. The van der Waals surface area contributed by atoms with Crippen LogP contribution in [-0.2, 0) is 32.6 Å². The Morgan fingerprint density at radius 1 is 0.808 bits per heavy atom. The molecule has 5 aromatic carbocycles. The molecule has 0 aliphatic rings. The molecule has 0 aromatic heterocycles. The number of sulfonamides is 1. The van der Waals surface area contributed by atoms with Crippen molar-refractivity contribution >= 4 is 39.1 Å². The van der Waals surface area contributed by atoms with Crippen molar-refractivity contribution in [2.24, 2.45) is 0 Å². The van der Waals surface area contributed by atoms with Crippen LogP contribution in [0, 0.1) is 5.82 Å². The van der Waals surface area contributed by atoms with E-state index >= 15 is 0 Å². The van der Waals surface area contributed by atoms with Crippen molar-refractivity contribution < 1.29 is 36.6 Å². The molecule has 13 heteroatoms. The van der Waals surface area contributed by atoms with Crippen molar-refractivity contribution in [3.63, 3.8) is 0 Å². The van der Waals surface area contributed by atoms with Gasteiger partial charge in [-0.25, -0.2) is 12.8 Å². The van der Waals surface area contributed by atoms with Gasteiger partial charge in [0.1, 0.15) is 17.6 Å². The zero-order chi connectivity index (χ0) is 37.1. The lowest BCUT2D eigenvalue weighted by Crippen LogP contribution is -2.45. The van der Waals surface area contributed by atoms with Crippen molar-refractivity contribution in [2.45, 2.75) is 23.9 Å². The van der Waals surface area contributed by atoms with Crippen LogP contribution >= 0.6 is 11.6 Å². The molecule has 1 unspecified atom stereocenters. The third kappa shape index (κ3) is 10.0. The molecule has 0 radical (unpaired) electrons. The number of amides is 2. The Labute approximate surface area is 307 Å². The minimum Gasteiger partial charge on any atom is -0.493 e. The van der Waals surface area contributed by atoms with Crippen molar-refractivity contribution in [1.29, 1.82) is 0 Å². The SMILES string of the molecule is COc1ccc(CCNC(=O)C(c2ccccc2)N(Cc2ccc(Cl)cc2)C(=O)COc2ccc(S(=O)(=O)Nc3ccc(F)cc3)cc2)cc1OC. The van der Waals surface area contributed by atoms with E-state index in [9.17, 15) is 22.4 Å². The maximum atomic E-state index is 14.0. The summed E-state index contributed by atoms with van der Waals surface area (Å²) >= 11 is 6.13. The number of nitrogens with zero attached hydrogens (tertiary/aromatic N) is 1. The topological polar surface area (TPSA) is 123 Å². The van der Waals surface area contributed by atoms with E-state index in [-0.39, 0.29) is 29.4 Å². The highest BCUT2D eigenvalue weighted by molar-refractivity contribution is 7.92. The van der Waals surface area contributed by atoms with Gasteiger partial charge in [-0.1, -0.05) is 60.1 Å². The minimum atomic E-state index is -3.98. The summed E-state index contributed by atoms with van der Waals surface area (Å²) < 4.78 is 57.9. The number of benzene rings is 5. The quantitative estimate of drug-likeness (QED) is 0.114. The molecule has 0 fully saturated rings. The third-order valence-corrected chi connectivity index (χ3v) is 9.66. The predicted octanol–water partition coefficient (Wildman–Crippen LogP) is 6.80. The first-order chi connectivity index (χ1) is 25.1. The number of ether oxygens (including phenoxy) is 3. The van der Waals surface area contributed by atoms with Crippen LogP contribution in [0.15, 0.2) is 126 Å². The summed E-state index contributed by atoms with van der Waals surface area (Å²) in [5.41, 5.74) is 2.45. The van der Waals surface area contributed by atoms with E-state index in [0.717, 1.165) is 23.3 Å². The van der Waals surface area contributed by atoms with Crippen LogP contribution in [0.3, 0.4) is 0 Å². The molecule has 10 nitrogen and oxygen atoms in total. The van der Waals surface area contributed by atoms with Crippen LogP contribution in [0.4, 0.5) is 10.1 Å². The van der Waals surface area contributed by atoms with Crippen molar-refractivity contribution in [1.82, 2.24) is 10.2 Å². The Kier molecular flexibility index (Phi) is 12.7. The van der Waals surface area contributed by atoms with Crippen molar-refractivity contribution in [3.05, 3.63) is 149 Å². The Morgan fingerprint density at radius 3 is 2.12 bits per heavy atom. The van der Waals surface area contributed by atoms with E-state index in [4.69, 9.17) is 25.8 Å². The molecule has 0 aliphatic heterocycles. The predicted molar refractivity (Wildman–Crippen MR) is 197 cm³/mol.